The van der Waals surface area contributed by atoms with E-state index in [1.807, 2.05) is 0 Å². The highest BCUT2D eigenvalue weighted by Crippen LogP contribution is 2.78. The molecule has 0 bridgehead atoms. The van der Waals surface area contributed by atoms with Crippen LogP contribution in [-0.2, 0) is 28.5 Å². The van der Waals surface area contributed by atoms with E-state index >= 15 is 0 Å². The zero-order valence-corrected chi connectivity index (χ0v) is 31.3. The van der Waals surface area contributed by atoms with Gasteiger partial charge in [0.2, 0.25) is 0 Å². The van der Waals surface area contributed by atoms with Crippen molar-refractivity contribution in [3.05, 3.63) is 0 Å². The van der Waals surface area contributed by atoms with E-state index in [-0.39, 0.29) is 71.9 Å². The first-order chi connectivity index (χ1) is 22.8. The number of rotatable bonds is 9. The number of epoxide rings is 1. The number of amides is 1. The number of fused-ring (bicyclic) bond motifs is 7. The third kappa shape index (κ3) is 5.91. The quantitative estimate of drug-likeness (QED) is 0.143. The average Bonchev–Trinajstić information content (AvgIpc) is 3.68. The highest BCUT2D eigenvalue weighted by Gasteiger charge is 2.74. The van der Waals surface area contributed by atoms with Gasteiger partial charge in [-0.1, -0.05) is 34.6 Å². The van der Waals surface area contributed by atoms with Crippen LogP contribution in [0.4, 0.5) is 4.79 Å². The summed E-state index contributed by atoms with van der Waals surface area (Å²) in [6, 6.07) is 0. The first-order valence-electron chi connectivity index (χ1n) is 19.0. The third-order valence-corrected chi connectivity index (χ3v) is 15.6. The van der Waals surface area contributed by atoms with Crippen molar-refractivity contribution in [3.63, 3.8) is 0 Å². The maximum Gasteiger partial charge on any atom is 0.407 e. The van der Waals surface area contributed by atoms with Crippen LogP contribution in [0.1, 0.15) is 120 Å². The van der Waals surface area contributed by atoms with Crippen LogP contribution in [0.2, 0.25) is 0 Å². The average molecular weight is 690 g/mol. The second-order valence-electron chi connectivity index (χ2n) is 19.2. The van der Waals surface area contributed by atoms with E-state index in [9.17, 15) is 24.6 Å². The number of ether oxygens (including phenoxy) is 4. The number of aliphatic carboxylic acids is 1. The smallest absolute Gasteiger partial charge is 0.407 e. The van der Waals surface area contributed by atoms with E-state index in [4.69, 9.17) is 18.9 Å². The van der Waals surface area contributed by atoms with E-state index in [1.54, 1.807) is 20.8 Å². The number of carbonyl (C=O) groups excluding carboxylic acids is 2. The summed E-state index contributed by atoms with van der Waals surface area (Å²) in [5, 5.41) is 24.6. The molecule has 6 aliphatic rings. The van der Waals surface area contributed by atoms with Gasteiger partial charge in [0, 0.05) is 6.54 Å². The van der Waals surface area contributed by atoms with Crippen LogP contribution in [0, 0.1) is 56.7 Å². The summed E-state index contributed by atoms with van der Waals surface area (Å²) in [6.07, 6.45) is 8.46. The fourth-order valence-electron chi connectivity index (χ4n) is 13.0. The minimum atomic E-state index is -0.775. The lowest BCUT2D eigenvalue weighted by Crippen LogP contribution is -2.67. The van der Waals surface area contributed by atoms with Crippen molar-refractivity contribution in [3.8, 4) is 0 Å². The Hall–Kier alpha value is -1.91. The van der Waals surface area contributed by atoms with Gasteiger partial charge >= 0.3 is 18.0 Å². The Morgan fingerprint density at radius 2 is 1.57 bits per heavy atom. The summed E-state index contributed by atoms with van der Waals surface area (Å²) in [5.41, 5.74) is -1.91. The van der Waals surface area contributed by atoms with Crippen LogP contribution >= 0.6 is 0 Å². The Labute approximate surface area is 293 Å². The molecule has 6 fully saturated rings. The number of carboxylic acids is 1. The highest BCUT2D eigenvalue weighted by atomic mass is 16.6. The Bertz CT molecular complexity index is 1310. The van der Waals surface area contributed by atoms with Gasteiger partial charge in [-0.25, -0.2) is 9.59 Å². The Kier molecular flexibility index (Phi) is 9.30. The minimum Gasteiger partial charge on any atom is -0.481 e. The molecule has 0 radical (unpaired) electrons. The summed E-state index contributed by atoms with van der Waals surface area (Å²) in [7, 11) is 0. The molecule has 1 amide bonds. The molecule has 10 nitrogen and oxygen atoms in total. The molecule has 1 heterocycles. The van der Waals surface area contributed by atoms with E-state index in [2.05, 4.69) is 39.9 Å². The van der Waals surface area contributed by atoms with Gasteiger partial charge in [-0.2, -0.15) is 0 Å². The van der Waals surface area contributed by atoms with Gasteiger partial charge in [0.05, 0.1) is 24.7 Å². The summed E-state index contributed by atoms with van der Waals surface area (Å²) in [5.74, 6) is 0.0760. The Morgan fingerprint density at radius 1 is 0.857 bits per heavy atom. The zero-order chi connectivity index (χ0) is 35.8. The topological polar surface area (TPSA) is 144 Å². The molecule has 278 valence electrons. The van der Waals surface area contributed by atoms with Gasteiger partial charge < -0.3 is 34.5 Å². The van der Waals surface area contributed by atoms with Crippen LogP contribution in [0.5, 0.6) is 0 Å². The van der Waals surface area contributed by atoms with Crippen LogP contribution < -0.4 is 5.32 Å². The number of carbonyl (C=O) groups is 3. The largest absolute Gasteiger partial charge is 0.481 e. The molecule has 0 aromatic carbocycles. The SMILES string of the molecule is CC(C)(C)OC(=O)NCCOCC(=O)OC[C@]1(C2CC[C@]3(C(=O)O)CC[C@]4(C)C(CCC5[C@@]6(C)CC[C@@H](O)C(C)(C)C6CC[C@]54C)C23)CO1. The van der Waals surface area contributed by atoms with Gasteiger partial charge in [-0.05, 0) is 136 Å². The summed E-state index contributed by atoms with van der Waals surface area (Å²) in [6.45, 7) is 18.1. The number of hydrogen-bond acceptors (Lipinski definition) is 8. The van der Waals surface area contributed by atoms with Gasteiger partial charge in [0.15, 0.2) is 0 Å². The van der Waals surface area contributed by atoms with Crippen LogP contribution in [0.3, 0.4) is 0 Å². The van der Waals surface area contributed by atoms with E-state index < -0.39 is 34.6 Å². The molecular formula is C39H63NO9. The van der Waals surface area contributed by atoms with Gasteiger partial charge in [-0.15, -0.1) is 0 Å². The van der Waals surface area contributed by atoms with E-state index in [0.29, 0.717) is 31.3 Å². The Morgan fingerprint density at radius 3 is 2.22 bits per heavy atom. The number of nitrogens with one attached hydrogen (secondary N) is 1. The molecule has 0 aromatic rings. The molecule has 3 N–H and O–H groups in total. The maximum atomic E-state index is 13.3. The molecule has 0 aromatic heterocycles. The summed E-state index contributed by atoms with van der Waals surface area (Å²) < 4.78 is 22.6. The van der Waals surface area contributed by atoms with Gasteiger partial charge in [0.25, 0.3) is 0 Å². The number of esters is 1. The molecular weight excluding hydrogens is 626 g/mol. The lowest BCUT2D eigenvalue weighted by Gasteiger charge is -2.72. The maximum absolute atomic E-state index is 13.3. The number of aliphatic hydroxyl groups is 1. The fourth-order valence-corrected chi connectivity index (χ4v) is 13.0. The highest BCUT2D eigenvalue weighted by molar-refractivity contribution is 5.76. The van der Waals surface area contributed by atoms with Crippen LogP contribution in [0.25, 0.3) is 0 Å². The van der Waals surface area contributed by atoms with Crippen molar-refractivity contribution in [2.75, 3.05) is 33.0 Å². The van der Waals surface area contributed by atoms with Crippen molar-refractivity contribution in [2.45, 2.75) is 137 Å². The van der Waals surface area contributed by atoms with Gasteiger partial charge in [0.1, 0.15) is 24.4 Å². The molecule has 1 aliphatic heterocycles. The number of carboxylic acid groups (broad SMARTS) is 1. The molecule has 5 saturated carbocycles. The van der Waals surface area contributed by atoms with E-state index in [1.165, 1.54) is 0 Å². The minimum absolute atomic E-state index is 0.00968. The van der Waals surface area contributed by atoms with Crippen LogP contribution in [-0.4, -0.2) is 78.5 Å². The van der Waals surface area contributed by atoms with Crippen molar-refractivity contribution in [1.82, 2.24) is 5.32 Å². The first-order valence-corrected chi connectivity index (χ1v) is 19.0. The fraction of sp³-hybridized carbons (Fsp3) is 0.923. The first kappa shape index (κ1) is 36.9. The van der Waals surface area contributed by atoms with Crippen LogP contribution in [0.15, 0.2) is 0 Å². The second kappa shape index (κ2) is 12.4. The van der Waals surface area contributed by atoms with E-state index in [0.717, 1.165) is 51.4 Å². The normalized spacial score (nSPS) is 45.2. The summed E-state index contributed by atoms with van der Waals surface area (Å²) >= 11 is 0. The third-order valence-electron chi connectivity index (χ3n) is 15.6. The molecule has 0 spiro atoms. The van der Waals surface area contributed by atoms with Crippen molar-refractivity contribution >= 4 is 18.0 Å². The number of hydrogen-bond donors (Lipinski definition) is 3. The lowest BCUT2D eigenvalue weighted by molar-refractivity contribution is -0.250. The number of aliphatic hydroxyl groups excluding tert-OH is 1. The molecule has 6 rings (SSSR count). The van der Waals surface area contributed by atoms with Gasteiger partial charge in [-0.3, -0.25) is 4.79 Å². The molecule has 11 atom stereocenters. The van der Waals surface area contributed by atoms with Crippen molar-refractivity contribution in [1.29, 1.82) is 0 Å². The molecule has 5 aliphatic carbocycles. The second-order valence-corrected chi connectivity index (χ2v) is 19.2. The van der Waals surface area contributed by atoms with Crippen molar-refractivity contribution in [2.24, 2.45) is 56.7 Å². The Balaban J connectivity index is 1.14. The number of alkyl carbamates (subject to hydrolysis) is 1. The van der Waals surface area contributed by atoms with Crippen molar-refractivity contribution < 1.29 is 43.5 Å². The molecule has 49 heavy (non-hydrogen) atoms. The predicted molar refractivity (Wildman–Crippen MR) is 182 cm³/mol. The summed E-state index contributed by atoms with van der Waals surface area (Å²) in [4.78, 5) is 37.8. The predicted octanol–water partition coefficient (Wildman–Crippen LogP) is 6.37. The molecule has 1 saturated heterocycles. The molecule has 10 heteroatoms. The lowest BCUT2D eigenvalue weighted by atomic mass is 9.32. The zero-order valence-electron chi connectivity index (χ0n) is 31.3. The standard InChI is InChI=1S/C39H63NO9/c1-33(2,3)49-32(45)40-19-20-46-21-29(42)47-22-39(23-48-39)25-11-16-38(31(43)44)18-17-36(7)24(30(25)38)9-10-27-35(6)14-13-28(41)34(4,5)26(35)12-15-37(27,36)8/h24-28,30,41H,9-23H2,1-8H3,(H,40,45)(H,43,44)/t24?,25?,26?,27?,28-,30?,35+,36-,37-,38+,39-/m1/s1. The monoisotopic (exact) mass is 689 g/mol. The molecule has 5 unspecified atom stereocenters.